The highest BCUT2D eigenvalue weighted by molar-refractivity contribution is 7.99. The normalized spacial score (nSPS) is 11.0. The van der Waals surface area contributed by atoms with Crippen LogP contribution in [-0.2, 0) is 4.74 Å². The van der Waals surface area contributed by atoms with Gasteiger partial charge in [0.25, 0.3) is 0 Å². The van der Waals surface area contributed by atoms with E-state index in [0.717, 1.165) is 26.4 Å². The number of hydrogen-bond acceptors (Lipinski definition) is 3. The number of nitrogens with one attached hydrogen (secondary N) is 1. The summed E-state index contributed by atoms with van der Waals surface area (Å²) < 4.78 is 18.8. The fraction of sp³-hybridized carbons (Fsp3) is 0.167. The minimum absolute atomic E-state index is 0.0876. The number of benzene rings is 2. The third-order valence-electron chi connectivity index (χ3n) is 3.53. The number of hydrogen-bond donors (Lipinski definition) is 1. The van der Waals surface area contributed by atoms with Crippen LogP contribution in [0, 0.1) is 12.7 Å². The van der Waals surface area contributed by atoms with Crippen molar-refractivity contribution >= 4 is 40.2 Å². The van der Waals surface area contributed by atoms with Crippen LogP contribution in [0.3, 0.4) is 0 Å². The van der Waals surface area contributed by atoms with Crippen molar-refractivity contribution in [3.63, 3.8) is 0 Å². The van der Waals surface area contributed by atoms with Crippen molar-refractivity contribution in [3.8, 4) is 0 Å². The number of aromatic nitrogens is 1. The highest BCUT2D eigenvalue weighted by atomic mass is 35.5. The van der Waals surface area contributed by atoms with Crippen LogP contribution in [0.4, 0.5) is 4.39 Å². The summed E-state index contributed by atoms with van der Waals surface area (Å²) in [6, 6.07) is 10.2. The lowest BCUT2D eigenvalue weighted by molar-refractivity contribution is 0.0526. The van der Waals surface area contributed by atoms with Crippen molar-refractivity contribution in [1.82, 2.24) is 4.98 Å². The Balaban J connectivity index is 1.98. The second-order valence-corrected chi connectivity index (χ2v) is 6.73. The molecule has 2 aromatic carbocycles. The van der Waals surface area contributed by atoms with Gasteiger partial charge in [-0.1, -0.05) is 29.4 Å². The zero-order chi connectivity index (χ0) is 17.3. The summed E-state index contributed by atoms with van der Waals surface area (Å²) in [6.45, 7) is 4.02. The molecule has 0 fully saturated rings. The molecule has 0 saturated heterocycles. The predicted molar refractivity (Wildman–Crippen MR) is 94.5 cm³/mol. The Morgan fingerprint density at radius 3 is 2.88 bits per heavy atom. The summed E-state index contributed by atoms with van der Waals surface area (Å²) in [4.78, 5) is 16.8. The first-order valence-corrected chi connectivity index (χ1v) is 8.61. The van der Waals surface area contributed by atoms with Crippen LogP contribution < -0.4 is 0 Å². The Bertz CT molecular complexity index is 923. The monoisotopic (exact) mass is 363 g/mol. The van der Waals surface area contributed by atoms with Crippen LogP contribution in [-0.4, -0.2) is 17.6 Å². The average molecular weight is 364 g/mol. The van der Waals surface area contributed by atoms with E-state index in [-0.39, 0.29) is 11.0 Å². The predicted octanol–water partition coefficient (Wildman–Crippen LogP) is 5.60. The van der Waals surface area contributed by atoms with Gasteiger partial charge in [-0.15, -0.1) is 0 Å². The van der Waals surface area contributed by atoms with Gasteiger partial charge in [-0.2, -0.15) is 0 Å². The molecule has 1 heterocycles. The van der Waals surface area contributed by atoms with E-state index in [1.54, 1.807) is 31.2 Å². The van der Waals surface area contributed by atoms with E-state index < -0.39 is 5.82 Å². The standard InChI is InChI=1S/C18H15ClFNO2S/c1-3-23-18(22)11-5-4-6-12(7-11)24-17-10(2)21-16-9-14(19)15(20)8-13(16)17/h4-9,21H,3H2,1-2H3. The van der Waals surface area contributed by atoms with E-state index in [1.165, 1.54) is 17.8 Å². The quantitative estimate of drug-likeness (QED) is 0.614. The van der Waals surface area contributed by atoms with Gasteiger partial charge in [0.2, 0.25) is 0 Å². The lowest BCUT2D eigenvalue weighted by atomic mass is 10.2. The third kappa shape index (κ3) is 3.28. The van der Waals surface area contributed by atoms with Gasteiger partial charge in [0.1, 0.15) is 5.82 Å². The molecule has 0 radical (unpaired) electrons. The second-order valence-electron chi connectivity index (χ2n) is 5.24. The summed E-state index contributed by atoms with van der Waals surface area (Å²) >= 11 is 7.31. The molecule has 0 spiro atoms. The maximum atomic E-state index is 13.8. The van der Waals surface area contributed by atoms with Gasteiger partial charge >= 0.3 is 5.97 Å². The molecule has 0 bridgehead atoms. The summed E-state index contributed by atoms with van der Waals surface area (Å²) in [7, 11) is 0. The Morgan fingerprint density at radius 1 is 1.33 bits per heavy atom. The first-order valence-electron chi connectivity index (χ1n) is 7.42. The molecule has 1 N–H and O–H groups in total. The Hall–Kier alpha value is -1.98. The molecule has 0 saturated carbocycles. The lowest BCUT2D eigenvalue weighted by Gasteiger charge is -2.06. The number of carbonyl (C=O) groups is 1. The summed E-state index contributed by atoms with van der Waals surface area (Å²) in [5.41, 5.74) is 2.19. The molecule has 0 unspecified atom stereocenters. The highest BCUT2D eigenvalue weighted by Crippen LogP contribution is 2.38. The van der Waals surface area contributed by atoms with Crippen molar-refractivity contribution < 1.29 is 13.9 Å². The van der Waals surface area contributed by atoms with E-state index in [9.17, 15) is 9.18 Å². The molecular formula is C18H15ClFNO2S. The summed E-state index contributed by atoms with van der Waals surface area (Å²) in [5.74, 6) is -0.807. The molecule has 0 atom stereocenters. The number of H-pyrrole nitrogens is 1. The van der Waals surface area contributed by atoms with Crippen LogP contribution in [0.15, 0.2) is 46.2 Å². The number of fused-ring (bicyclic) bond motifs is 1. The average Bonchev–Trinajstić information content (AvgIpc) is 2.84. The summed E-state index contributed by atoms with van der Waals surface area (Å²) in [6.07, 6.45) is 0. The Morgan fingerprint density at radius 2 is 2.12 bits per heavy atom. The van der Waals surface area contributed by atoms with Crippen LogP contribution in [0.2, 0.25) is 5.02 Å². The molecule has 24 heavy (non-hydrogen) atoms. The van der Waals surface area contributed by atoms with Gasteiger partial charge in [0.15, 0.2) is 0 Å². The SMILES string of the molecule is CCOC(=O)c1cccc(Sc2c(C)[nH]c3cc(Cl)c(F)cc23)c1. The highest BCUT2D eigenvalue weighted by Gasteiger charge is 2.14. The van der Waals surface area contributed by atoms with E-state index >= 15 is 0 Å². The Kier molecular flexibility index (Phi) is 4.83. The van der Waals surface area contributed by atoms with Gasteiger partial charge in [0.05, 0.1) is 17.2 Å². The van der Waals surface area contributed by atoms with E-state index in [1.807, 2.05) is 13.0 Å². The fourth-order valence-corrected chi connectivity index (χ4v) is 3.66. The molecule has 0 aliphatic heterocycles. The molecule has 0 amide bonds. The zero-order valence-corrected chi connectivity index (χ0v) is 14.7. The van der Waals surface area contributed by atoms with Crippen molar-refractivity contribution in [1.29, 1.82) is 0 Å². The zero-order valence-electron chi connectivity index (χ0n) is 13.2. The van der Waals surface area contributed by atoms with Gasteiger partial charge in [-0.25, -0.2) is 9.18 Å². The number of rotatable bonds is 4. The first-order chi connectivity index (χ1) is 11.5. The van der Waals surface area contributed by atoms with E-state index in [2.05, 4.69) is 4.98 Å². The van der Waals surface area contributed by atoms with Crippen LogP contribution in [0.25, 0.3) is 10.9 Å². The molecular weight excluding hydrogens is 349 g/mol. The third-order valence-corrected chi connectivity index (χ3v) is 5.04. The molecule has 3 nitrogen and oxygen atoms in total. The van der Waals surface area contributed by atoms with Crippen molar-refractivity contribution in [3.05, 3.63) is 58.5 Å². The minimum atomic E-state index is -0.453. The number of carbonyl (C=O) groups excluding carboxylic acids is 1. The van der Waals surface area contributed by atoms with Gasteiger partial charge in [-0.05, 0) is 44.2 Å². The smallest absolute Gasteiger partial charge is 0.338 e. The molecule has 124 valence electrons. The van der Waals surface area contributed by atoms with E-state index in [4.69, 9.17) is 16.3 Å². The number of ether oxygens (including phenoxy) is 1. The van der Waals surface area contributed by atoms with Gasteiger partial charge in [0, 0.05) is 26.4 Å². The largest absolute Gasteiger partial charge is 0.462 e. The molecule has 0 aliphatic rings. The van der Waals surface area contributed by atoms with Crippen LogP contribution in [0.5, 0.6) is 0 Å². The van der Waals surface area contributed by atoms with Crippen molar-refractivity contribution in [2.75, 3.05) is 6.61 Å². The van der Waals surface area contributed by atoms with E-state index in [0.29, 0.717) is 12.2 Å². The molecule has 6 heteroatoms. The molecule has 1 aromatic heterocycles. The molecule has 3 aromatic rings. The maximum absolute atomic E-state index is 13.8. The Labute approximate surface area is 148 Å². The van der Waals surface area contributed by atoms with Gasteiger partial charge < -0.3 is 9.72 Å². The number of esters is 1. The molecule has 3 rings (SSSR count). The topological polar surface area (TPSA) is 42.1 Å². The first kappa shape index (κ1) is 16.9. The summed E-state index contributed by atoms with van der Waals surface area (Å²) in [5, 5.41) is 0.852. The number of halogens is 2. The lowest BCUT2D eigenvalue weighted by Crippen LogP contribution is -2.04. The number of aryl methyl sites for hydroxylation is 1. The van der Waals surface area contributed by atoms with Crippen LogP contribution >= 0.6 is 23.4 Å². The van der Waals surface area contributed by atoms with Crippen LogP contribution in [0.1, 0.15) is 23.0 Å². The van der Waals surface area contributed by atoms with Gasteiger partial charge in [-0.3, -0.25) is 0 Å². The minimum Gasteiger partial charge on any atom is -0.462 e. The maximum Gasteiger partial charge on any atom is 0.338 e. The fourth-order valence-electron chi connectivity index (χ4n) is 2.45. The van der Waals surface area contributed by atoms with Crippen molar-refractivity contribution in [2.45, 2.75) is 23.6 Å². The molecule has 0 aliphatic carbocycles. The van der Waals surface area contributed by atoms with Crippen molar-refractivity contribution in [2.24, 2.45) is 0 Å². The second kappa shape index (κ2) is 6.87. The number of aromatic amines is 1.